The lowest BCUT2D eigenvalue weighted by Crippen LogP contribution is -2.31. The molecule has 0 aromatic heterocycles. The topological polar surface area (TPSA) is 20.3 Å². The van der Waals surface area contributed by atoms with Crippen LogP contribution < -0.4 is 0 Å². The molecule has 0 bridgehead atoms. The minimum absolute atomic E-state index is 0.277. The largest absolute Gasteiger partial charge is 0.316 e. The van der Waals surface area contributed by atoms with Gasteiger partial charge in [0.15, 0.2) is 0 Å². The molecule has 0 saturated heterocycles. The van der Waals surface area contributed by atoms with Gasteiger partial charge < -0.3 is 4.90 Å². The van der Waals surface area contributed by atoms with Crippen LogP contribution in [-0.4, -0.2) is 17.9 Å². The summed E-state index contributed by atoms with van der Waals surface area (Å²) in [6, 6.07) is 0. The van der Waals surface area contributed by atoms with Crippen LogP contribution >= 0.6 is 0 Å². The van der Waals surface area contributed by atoms with Gasteiger partial charge >= 0.3 is 0 Å². The van der Waals surface area contributed by atoms with Crippen molar-refractivity contribution in [1.82, 2.24) is 4.90 Å². The molecule has 0 N–H and O–H groups in total. The number of carbonyl (C=O) groups is 1. The van der Waals surface area contributed by atoms with Crippen LogP contribution in [0.25, 0.3) is 0 Å². The average Bonchev–Trinajstić information content (AvgIpc) is 3.02. The minimum Gasteiger partial charge on any atom is -0.316 e. The smallest absolute Gasteiger partial charge is 0.227 e. The first-order valence-corrected chi connectivity index (χ1v) is 5.92. The highest BCUT2D eigenvalue weighted by Crippen LogP contribution is 2.55. The highest BCUT2D eigenvalue weighted by atomic mass is 16.2. The van der Waals surface area contributed by atoms with Crippen LogP contribution in [-0.2, 0) is 4.79 Å². The van der Waals surface area contributed by atoms with Gasteiger partial charge in [-0.15, -0.1) is 0 Å². The molecule has 1 fully saturated rings. The van der Waals surface area contributed by atoms with E-state index in [1.54, 1.807) is 11.1 Å². The Kier molecular flexibility index (Phi) is 1.82. The normalized spacial score (nSPS) is 33.6. The summed E-state index contributed by atoms with van der Waals surface area (Å²) in [5.41, 5.74) is 4.33. The Balaban J connectivity index is 2.03. The molecule has 15 heavy (non-hydrogen) atoms. The van der Waals surface area contributed by atoms with Crippen molar-refractivity contribution in [3.63, 3.8) is 0 Å². The molecule has 2 atom stereocenters. The average molecular weight is 203 g/mol. The Morgan fingerprint density at radius 2 is 2.20 bits per heavy atom. The van der Waals surface area contributed by atoms with Gasteiger partial charge in [0.25, 0.3) is 0 Å². The van der Waals surface area contributed by atoms with Crippen molar-refractivity contribution >= 4 is 5.91 Å². The van der Waals surface area contributed by atoms with Crippen molar-refractivity contribution in [1.29, 1.82) is 0 Å². The monoisotopic (exact) mass is 203 g/mol. The van der Waals surface area contributed by atoms with Crippen LogP contribution in [0.2, 0.25) is 0 Å². The molecule has 1 heterocycles. The second-order valence-electron chi connectivity index (χ2n) is 4.88. The number of likely N-dealkylation sites (N-methyl/N-ethyl adjacent to an activating group) is 1. The van der Waals surface area contributed by atoms with Crippen molar-refractivity contribution in [3.05, 3.63) is 22.9 Å². The molecular weight excluding hydrogens is 186 g/mol. The van der Waals surface area contributed by atoms with Crippen LogP contribution in [0.5, 0.6) is 0 Å². The van der Waals surface area contributed by atoms with Gasteiger partial charge in [0.05, 0.1) is 0 Å². The predicted octanol–water partition coefficient (Wildman–Crippen LogP) is 2.48. The Labute approximate surface area is 90.6 Å². The van der Waals surface area contributed by atoms with Crippen molar-refractivity contribution in [2.75, 3.05) is 7.05 Å². The molecule has 0 aromatic carbocycles. The summed E-state index contributed by atoms with van der Waals surface area (Å²) < 4.78 is 0. The quantitative estimate of drug-likeness (QED) is 0.641. The van der Waals surface area contributed by atoms with E-state index in [0.717, 1.165) is 24.7 Å². The second-order valence-corrected chi connectivity index (χ2v) is 4.88. The molecular formula is C13H17NO. The van der Waals surface area contributed by atoms with E-state index in [1.807, 2.05) is 11.9 Å². The summed E-state index contributed by atoms with van der Waals surface area (Å²) in [4.78, 5) is 13.5. The molecule has 1 amide bonds. The zero-order valence-electron chi connectivity index (χ0n) is 9.42. The number of carbonyl (C=O) groups excluding carboxylic acids is 1. The third-order valence-corrected chi connectivity index (χ3v) is 4.12. The van der Waals surface area contributed by atoms with Gasteiger partial charge in [0.2, 0.25) is 5.91 Å². The molecule has 0 spiro atoms. The van der Waals surface area contributed by atoms with E-state index in [4.69, 9.17) is 0 Å². The summed E-state index contributed by atoms with van der Waals surface area (Å²) >= 11 is 0. The molecule has 2 unspecified atom stereocenters. The molecule has 1 aliphatic heterocycles. The summed E-state index contributed by atoms with van der Waals surface area (Å²) in [6.45, 7) is 2.22. The fourth-order valence-electron chi connectivity index (χ4n) is 3.09. The van der Waals surface area contributed by atoms with E-state index in [-0.39, 0.29) is 5.91 Å². The van der Waals surface area contributed by atoms with Gasteiger partial charge in [-0.1, -0.05) is 12.5 Å². The van der Waals surface area contributed by atoms with Gasteiger partial charge in [0.1, 0.15) is 0 Å². The Bertz CT molecular complexity index is 391. The van der Waals surface area contributed by atoms with Crippen LogP contribution in [0.15, 0.2) is 22.9 Å². The molecule has 3 rings (SSSR count). The number of hydrogen-bond acceptors (Lipinski definition) is 1. The molecule has 0 radical (unpaired) electrons. The Morgan fingerprint density at radius 1 is 1.40 bits per heavy atom. The van der Waals surface area contributed by atoms with Crippen LogP contribution in [0, 0.1) is 11.8 Å². The van der Waals surface area contributed by atoms with Crippen LogP contribution in [0.1, 0.15) is 32.6 Å². The fraction of sp³-hybridized carbons (Fsp3) is 0.615. The lowest BCUT2D eigenvalue weighted by Gasteiger charge is -2.30. The van der Waals surface area contributed by atoms with Crippen molar-refractivity contribution in [2.24, 2.45) is 11.8 Å². The minimum atomic E-state index is 0.277. The van der Waals surface area contributed by atoms with Crippen molar-refractivity contribution in [2.45, 2.75) is 32.6 Å². The zero-order valence-corrected chi connectivity index (χ0v) is 9.42. The number of amides is 1. The first-order valence-electron chi connectivity index (χ1n) is 5.92. The van der Waals surface area contributed by atoms with E-state index < -0.39 is 0 Å². The number of allylic oxidation sites excluding steroid dienone is 3. The number of hydrogen-bond donors (Lipinski definition) is 0. The molecule has 2 aliphatic carbocycles. The van der Waals surface area contributed by atoms with Crippen LogP contribution in [0.3, 0.4) is 0 Å². The summed E-state index contributed by atoms with van der Waals surface area (Å²) in [5, 5.41) is 0. The maximum atomic E-state index is 11.6. The van der Waals surface area contributed by atoms with E-state index in [0.29, 0.717) is 6.42 Å². The first-order chi connectivity index (χ1) is 7.22. The number of rotatable bonds is 1. The van der Waals surface area contributed by atoms with Crippen molar-refractivity contribution in [3.8, 4) is 0 Å². The first kappa shape index (κ1) is 9.20. The third-order valence-electron chi connectivity index (χ3n) is 4.12. The highest BCUT2D eigenvalue weighted by molar-refractivity contribution is 5.81. The second kappa shape index (κ2) is 2.97. The molecule has 2 heteroatoms. The Hall–Kier alpha value is -1.05. The number of nitrogens with zero attached hydrogens (tertiary/aromatic N) is 1. The summed E-state index contributed by atoms with van der Waals surface area (Å²) in [5.74, 6) is 1.89. The molecule has 3 aliphatic rings. The van der Waals surface area contributed by atoms with Gasteiger partial charge in [0, 0.05) is 19.2 Å². The van der Waals surface area contributed by atoms with Crippen molar-refractivity contribution < 1.29 is 4.79 Å². The maximum Gasteiger partial charge on any atom is 0.227 e. The molecule has 0 aromatic rings. The summed E-state index contributed by atoms with van der Waals surface area (Å²) in [7, 11) is 1.92. The Morgan fingerprint density at radius 3 is 2.93 bits per heavy atom. The van der Waals surface area contributed by atoms with E-state index in [9.17, 15) is 4.79 Å². The molecule has 80 valence electrons. The standard InChI is InChI=1S/C13H17NO/c1-3-8-6-12-9(11-7-10(8)11)4-5-13(15)14(12)2/h6,10-11H,3-5,7H2,1-2H3. The fourth-order valence-corrected chi connectivity index (χ4v) is 3.09. The third kappa shape index (κ3) is 1.20. The van der Waals surface area contributed by atoms with E-state index in [1.165, 1.54) is 12.1 Å². The predicted molar refractivity (Wildman–Crippen MR) is 59.0 cm³/mol. The van der Waals surface area contributed by atoms with Gasteiger partial charge in [-0.25, -0.2) is 0 Å². The maximum absolute atomic E-state index is 11.6. The lowest BCUT2D eigenvalue weighted by atomic mass is 9.89. The number of fused-ring (bicyclic) bond motifs is 2. The lowest BCUT2D eigenvalue weighted by molar-refractivity contribution is -0.128. The van der Waals surface area contributed by atoms with Crippen LogP contribution in [0.4, 0.5) is 0 Å². The van der Waals surface area contributed by atoms with E-state index in [2.05, 4.69) is 13.0 Å². The SMILES string of the molecule is CCC1=CC2=C(CCC(=O)N2C)C2CC12. The van der Waals surface area contributed by atoms with Gasteiger partial charge in [-0.2, -0.15) is 0 Å². The highest BCUT2D eigenvalue weighted by Gasteiger charge is 2.46. The molecule has 1 saturated carbocycles. The molecule has 2 nitrogen and oxygen atoms in total. The van der Waals surface area contributed by atoms with Gasteiger partial charge in [-0.3, -0.25) is 4.79 Å². The van der Waals surface area contributed by atoms with Gasteiger partial charge in [-0.05, 0) is 42.7 Å². The summed E-state index contributed by atoms with van der Waals surface area (Å²) in [6.07, 6.45) is 6.47. The zero-order chi connectivity index (χ0) is 10.6. The van der Waals surface area contributed by atoms with E-state index >= 15 is 0 Å².